The van der Waals surface area contributed by atoms with Gasteiger partial charge in [0.15, 0.2) is 16.3 Å². The molecule has 0 N–H and O–H groups in total. The van der Waals surface area contributed by atoms with Crippen LogP contribution in [0, 0.1) is 0 Å². The van der Waals surface area contributed by atoms with Crippen molar-refractivity contribution in [3.63, 3.8) is 0 Å². The molecular weight excluding hydrogens is 456 g/mol. The van der Waals surface area contributed by atoms with Crippen LogP contribution in [0.4, 0.5) is 0 Å². The largest absolute Gasteiger partial charge is 0.493 e. The van der Waals surface area contributed by atoms with Gasteiger partial charge in [-0.05, 0) is 53.3 Å². The Kier molecular flexibility index (Phi) is 5.38. The predicted octanol–water partition coefficient (Wildman–Crippen LogP) is 4.34. The van der Waals surface area contributed by atoms with E-state index in [0.717, 1.165) is 40.8 Å². The van der Waals surface area contributed by atoms with E-state index in [4.69, 9.17) is 14.5 Å². The number of rotatable bonds is 4. The Balaban J connectivity index is 1.63. The van der Waals surface area contributed by atoms with E-state index in [9.17, 15) is 4.79 Å². The summed E-state index contributed by atoms with van der Waals surface area (Å²) in [5.74, 6) is 1.31. The Bertz CT molecular complexity index is 1650. The van der Waals surface area contributed by atoms with E-state index in [1.54, 1.807) is 14.2 Å². The second-order valence-corrected chi connectivity index (χ2v) is 9.65. The van der Waals surface area contributed by atoms with Gasteiger partial charge >= 0.3 is 0 Å². The molecule has 0 saturated heterocycles. The smallest absolute Gasteiger partial charge is 0.271 e. The molecule has 0 amide bonds. The molecule has 1 aliphatic carbocycles. The van der Waals surface area contributed by atoms with Crippen LogP contribution in [0.25, 0.3) is 11.8 Å². The minimum Gasteiger partial charge on any atom is -0.493 e. The number of ether oxygens (including phenoxy) is 2. The normalized spacial score (nSPS) is 16.7. The monoisotopic (exact) mass is 480 g/mol. The van der Waals surface area contributed by atoms with Crippen molar-refractivity contribution in [2.45, 2.75) is 18.9 Å². The van der Waals surface area contributed by atoms with Gasteiger partial charge in [0.2, 0.25) is 0 Å². The first kappa shape index (κ1) is 21.6. The van der Waals surface area contributed by atoms with Crippen LogP contribution in [-0.4, -0.2) is 18.8 Å². The van der Waals surface area contributed by atoms with Crippen molar-refractivity contribution in [3.8, 4) is 11.5 Å². The third-order valence-corrected chi connectivity index (χ3v) is 7.68. The minimum atomic E-state index is -0.257. The van der Waals surface area contributed by atoms with E-state index >= 15 is 0 Å². The van der Waals surface area contributed by atoms with Crippen LogP contribution < -0.4 is 24.4 Å². The maximum absolute atomic E-state index is 13.8. The Morgan fingerprint density at radius 2 is 1.71 bits per heavy atom. The van der Waals surface area contributed by atoms with Gasteiger partial charge in [0, 0.05) is 5.56 Å². The Morgan fingerprint density at radius 3 is 2.51 bits per heavy atom. The van der Waals surface area contributed by atoms with Crippen molar-refractivity contribution in [3.05, 3.63) is 120 Å². The third kappa shape index (κ3) is 3.61. The van der Waals surface area contributed by atoms with Crippen molar-refractivity contribution in [2.24, 2.45) is 4.99 Å². The summed E-state index contributed by atoms with van der Waals surface area (Å²) in [4.78, 5) is 19.6. The van der Waals surface area contributed by atoms with E-state index < -0.39 is 0 Å². The van der Waals surface area contributed by atoms with Gasteiger partial charge in [-0.3, -0.25) is 9.36 Å². The van der Waals surface area contributed by atoms with Crippen LogP contribution in [0.1, 0.15) is 34.7 Å². The molecule has 0 bridgehead atoms. The summed E-state index contributed by atoms with van der Waals surface area (Å²) >= 11 is 1.44. The van der Waals surface area contributed by atoms with Crippen molar-refractivity contribution in [2.75, 3.05) is 14.2 Å². The van der Waals surface area contributed by atoms with Gasteiger partial charge < -0.3 is 9.47 Å². The van der Waals surface area contributed by atoms with Crippen LogP contribution >= 0.6 is 11.3 Å². The molecule has 5 nitrogen and oxygen atoms in total. The molecule has 1 atom stereocenters. The highest BCUT2D eigenvalue weighted by Gasteiger charge is 2.33. The number of aryl methyl sites for hydroxylation is 1. The highest BCUT2D eigenvalue weighted by Crippen LogP contribution is 2.42. The number of fused-ring (bicyclic) bond motifs is 3. The van der Waals surface area contributed by atoms with Crippen LogP contribution in [0.15, 0.2) is 88.2 Å². The average Bonchev–Trinajstić information content (AvgIpc) is 3.21. The molecule has 0 unspecified atom stereocenters. The summed E-state index contributed by atoms with van der Waals surface area (Å²) in [5.41, 5.74) is 6.55. The number of hydrogen-bond acceptors (Lipinski definition) is 5. The summed E-state index contributed by atoms with van der Waals surface area (Å²) in [6.07, 6.45) is 3.71. The van der Waals surface area contributed by atoms with E-state index in [1.165, 1.54) is 16.9 Å². The molecular formula is C29H24N2O3S. The second-order valence-electron chi connectivity index (χ2n) is 8.64. The van der Waals surface area contributed by atoms with Crippen molar-refractivity contribution in [1.29, 1.82) is 0 Å². The molecule has 0 saturated carbocycles. The lowest BCUT2D eigenvalue weighted by Gasteiger charge is -2.31. The summed E-state index contributed by atoms with van der Waals surface area (Å²) < 4.78 is 13.6. The minimum absolute atomic E-state index is 0.0252. The maximum atomic E-state index is 13.8. The summed E-state index contributed by atoms with van der Waals surface area (Å²) in [6.45, 7) is 0. The molecule has 2 aliphatic rings. The van der Waals surface area contributed by atoms with Crippen LogP contribution in [0.5, 0.6) is 11.5 Å². The first-order chi connectivity index (χ1) is 17.2. The van der Waals surface area contributed by atoms with E-state index in [-0.39, 0.29) is 11.6 Å². The predicted molar refractivity (Wildman–Crippen MR) is 139 cm³/mol. The molecule has 6 rings (SSSR count). The van der Waals surface area contributed by atoms with E-state index in [2.05, 4.69) is 24.3 Å². The fraction of sp³-hybridized carbons (Fsp3) is 0.172. The van der Waals surface area contributed by atoms with Gasteiger partial charge in [0.1, 0.15) is 0 Å². The number of hydrogen-bond donors (Lipinski definition) is 0. The van der Waals surface area contributed by atoms with E-state index in [1.807, 2.05) is 59.2 Å². The van der Waals surface area contributed by atoms with Crippen molar-refractivity contribution < 1.29 is 9.47 Å². The number of thiazole rings is 1. The average molecular weight is 481 g/mol. The highest BCUT2D eigenvalue weighted by molar-refractivity contribution is 7.07. The second kappa shape index (κ2) is 8.71. The Labute approximate surface area is 206 Å². The number of aromatic nitrogens is 1. The summed E-state index contributed by atoms with van der Waals surface area (Å²) in [6, 6.07) is 24.0. The number of nitrogens with zero attached hydrogens (tertiary/aromatic N) is 2. The van der Waals surface area contributed by atoms with Crippen LogP contribution in [0.2, 0.25) is 0 Å². The summed E-state index contributed by atoms with van der Waals surface area (Å²) in [5, 5.41) is 0. The Hall–Kier alpha value is -3.90. The van der Waals surface area contributed by atoms with Gasteiger partial charge in [-0.1, -0.05) is 72.0 Å². The SMILES string of the molecule is COc1ccc([C@H]2C3=C(N=c4s/c(=C\c5ccccc5)c(=O)n42)c2ccccc2CC3)cc1OC. The van der Waals surface area contributed by atoms with Gasteiger partial charge in [-0.15, -0.1) is 0 Å². The van der Waals surface area contributed by atoms with Crippen LogP contribution in [-0.2, 0) is 6.42 Å². The first-order valence-corrected chi connectivity index (χ1v) is 12.4. The topological polar surface area (TPSA) is 52.8 Å². The highest BCUT2D eigenvalue weighted by atomic mass is 32.1. The maximum Gasteiger partial charge on any atom is 0.271 e. The zero-order valence-corrected chi connectivity index (χ0v) is 20.3. The number of methoxy groups -OCH3 is 2. The zero-order valence-electron chi connectivity index (χ0n) is 19.5. The molecule has 4 aromatic rings. The molecule has 6 heteroatoms. The van der Waals surface area contributed by atoms with Crippen LogP contribution in [0.3, 0.4) is 0 Å². The standard InChI is InChI=1S/C29H24N2O3S/c1-33-23-15-13-20(17-24(23)34-2)27-22-14-12-19-10-6-7-11-21(19)26(22)30-29-31(27)28(32)25(35-29)16-18-8-4-3-5-9-18/h3-11,13,15-17,27H,12,14H2,1-2H3/b25-16-/t27-/m0/s1. The molecule has 1 aliphatic heterocycles. The van der Waals surface area contributed by atoms with E-state index in [0.29, 0.717) is 20.8 Å². The third-order valence-electron chi connectivity index (χ3n) is 6.69. The fourth-order valence-corrected chi connectivity index (χ4v) is 6.05. The molecule has 35 heavy (non-hydrogen) atoms. The van der Waals surface area contributed by atoms with Gasteiger partial charge in [0.05, 0.1) is 30.5 Å². The molecule has 0 fully saturated rings. The van der Waals surface area contributed by atoms with Gasteiger partial charge in [0.25, 0.3) is 5.56 Å². The lowest BCUT2D eigenvalue weighted by molar-refractivity contribution is 0.354. The lowest BCUT2D eigenvalue weighted by Crippen LogP contribution is -2.38. The number of allylic oxidation sites excluding steroid dienone is 1. The molecule has 1 aromatic heterocycles. The number of benzene rings is 3. The fourth-order valence-electron chi connectivity index (χ4n) is 5.05. The zero-order chi connectivity index (χ0) is 23.9. The quantitative estimate of drug-likeness (QED) is 0.437. The van der Waals surface area contributed by atoms with Crippen molar-refractivity contribution in [1.82, 2.24) is 4.57 Å². The van der Waals surface area contributed by atoms with Crippen molar-refractivity contribution >= 4 is 23.1 Å². The summed E-state index contributed by atoms with van der Waals surface area (Å²) in [7, 11) is 3.26. The molecule has 3 aromatic carbocycles. The van der Waals surface area contributed by atoms with Gasteiger partial charge in [-0.2, -0.15) is 0 Å². The molecule has 174 valence electrons. The lowest BCUT2D eigenvalue weighted by atomic mass is 9.83. The van der Waals surface area contributed by atoms with Gasteiger partial charge in [-0.25, -0.2) is 4.99 Å². The molecule has 2 heterocycles. The first-order valence-electron chi connectivity index (χ1n) is 11.6. The Morgan fingerprint density at radius 1 is 0.943 bits per heavy atom. The molecule has 0 radical (unpaired) electrons. The molecule has 0 spiro atoms.